The van der Waals surface area contributed by atoms with E-state index in [1.807, 2.05) is 12.1 Å². The van der Waals surface area contributed by atoms with Gasteiger partial charge in [-0.2, -0.15) is 5.26 Å². The molecule has 0 amide bonds. The summed E-state index contributed by atoms with van der Waals surface area (Å²) in [4.78, 5) is 0. The molecule has 0 spiro atoms. The van der Waals surface area contributed by atoms with Gasteiger partial charge >= 0.3 is 0 Å². The molecule has 0 heterocycles. The molecule has 0 bridgehead atoms. The van der Waals surface area contributed by atoms with Crippen LogP contribution < -0.4 is 9.47 Å². The van der Waals surface area contributed by atoms with Crippen LogP contribution in [0.1, 0.15) is 16.7 Å². The Morgan fingerprint density at radius 2 is 1.95 bits per heavy atom. The van der Waals surface area contributed by atoms with E-state index in [2.05, 4.69) is 6.07 Å². The number of nitriles is 1. The number of hydrogen-bond donors (Lipinski definition) is 1. The first kappa shape index (κ1) is 13.9. The minimum atomic E-state index is -0.0513. The predicted molar refractivity (Wildman–Crippen MR) is 74.4 cm³/mol. The fourth-order valence-electron chi connectivity index (χ4n) is 1.82. The van der Waals surface area contributed by atoms with Crippen LogP contribution in [0, 0.1) is 11.3 Å². The molecule has 0 saturated carbocycles. The lowest BCUT2D eigenvalue weighted by Gasteiger charge is -2.12. The molecule has 0 fully saturated rings. The summed E-state index contributed by atoms with van der Waals surface area (Å²) in [6, 6.07) is 14.6. The summed E-state index contributed by atoms with van der Waals surface area (Å²) in [5, 5.41) is 18.0. The molecule has 2 rings (SSSR count). The van der Waals surface area contributed by atoms with Gasteiger partial charge in [0.2, 0.25) is 0 Å². The van der Waals surface area contributed by atoms with Crippen molar-refractivity contribution in [1.82, 2.24) is 0 Å². The highest BCUT2D eigenvalue weighted by molar-refractivity contribution is 5.43. The normalized spacial score (nSPS) is 9.85. The predicted octanol–water partition coefficient (Wildman–Crippen LogP) is 2.64. The van der Waals surface area contributed by atoms with Crippen LogP contribution >= 0.6 is 0 Å². The number of ether oxygens (including phenoxy) is 2. The van der Waals surface area contributed by atoms with E-state index < -0.39 is 0 Å². The Kier molecular flexibility index (Phi) is 4.59. The van der Waals surface area contributed by atoms with Crippen molar-refractivity contribution in [1.29, 1.82) is 5.26 Å². The van der Waals surface area contributed by atoms with E-state index in [4.69, 9.17) is 19.8 Å². The lowest BCUT2D eigenvalue weighted by atomic mass is 10.1. The molecule has 0 saturated heterocycles. The molecule has 2 aromatic carbocycles. The number of methoxy groups -OCH3 is 1. The number of aliphatic hydroxyl groups is 1. The fraction of sp³-hybridized carbons (Fsp3) is 0.188. The minimum Gasteiger partial charge on any atom is -0.493 e. The Bertz CT molecular complexity index is 632. The third kappa shape index (κ3) is 3.28. The molecular formula is C16H15NO3. The molecule has 102 valence electrons. The van der Waals surface area contributed by atoms with E-state index in [9.17, 15) is 0 Å². The molecule has 0 aliphatic carbocycles. The van der Waals surface area contributed by atoms with Crippen LogP contribution in [0.15, 0.2) is 42.5 Å². The van der Waals surface area contributed by atoms with E-state index in [0.29, 0.717) is 23.7 Å². The van der Waals surface area contributed by atoms with Gasteiger partial charge in [-0.1, -0.05) is 18.2 Å². The first-order valence-electron chi connectivity index (χ1n) is 6.16. The maximum atomic E-state index is 9.15. The Hall–Kier alpha value is -2.51. The SMILES string of the molecule is COc1ccc(CO)cc1OCc1cccc(C#N)c1. The Morgan fingerprint density at radius 1 is 1.10 bits per heavy atom. The number of nitrogens with zero attached hydrogens (tertiary/aromatic N) is 1. The van der Waals surface area contributed by atoms with Gasteiger partial charge in [-0.15, -0.1) is 0 Å². The Labute approximate surface area is 117 Å². The molecule has 4 nitrogen and oxygen atoms in total. The summed E-state index contributed by atoms with van der Waals surface area (Å²) >= 11 is 0. The second kappa shape index (κ2) is 6.60. The molecule has 0 unspecified atom stereocenters. The van der Waals surface area contributed by atoms with Crippen molar-refractivity contribution in [2.45, 2.75) is 13.2 Å². The van der Waals surface area contributed by atoms with Gasteiger partial charge < -0.3 is 14.6 Å². The number of rotatable bonds is 5. The van der Waals surface area contributed by atoms with Crippen LogP contribution in [0.25, 0.3) is 0 Å². The first-order valence-corrected chi connectivity index (χ1v) is 6.16. The van der Waals surface area contributed by atoms with Gasteiger partial charge in [-0.05, 0) is 35.4 Å². The molecule has 1 N–H and O–H groups in total. The lowest BCUT2D eigenvalue weighted by molar-refractivity contribution is 0.271. The zero-order valence-electron chi connectivity index (χ0n) is 11.2. The van der Waals surface area contributed by atoms with E-state index in [1.165, 1.54) is 0 Å². The van der Waals surface area contributed by atoms with Crippen molar-refractivity contribution in [2.75, 3.05) is 7.11 Å². The van der Waals surface area contributed by atoms with Gasteiger partial charge in [0.15, 0.2) is 11.5 Å². The molecule has 4 heteroatoms. The molecule has 0 atom stereocenters. The van der Waals surface area contributed by atoms with Crippen LogP contribution in [0.2, 0.25) is 0 Å². The summed E-state index contributed by atoms with van der Waals surface area (Å²) in [6.45, 7) is 0.283. The second-order valence-electron chi connectivity index (χ2n) is 4.24. The van der Waals surface area contributed by atoms with E-state index >= 15 is 0 Å². The topological polar surface area (TPSA) is 62.5 Å². The standard InChI is InChI=1S/C16H15NO3/c1-19-15-6-5-13(10-18)8-16(15)20-11-14-4-2-3-12(7-14)9-17/h2-8,18H,10-11H2,1H3. The average Bonchev–Trinajstić information content (AvgIpc) is 2.52. The van der Waals surface area contributed by atoms with Gasteiger partial charge in [-0.25, -0.2) is 0 Å². The van der Waals surface area contributed by atoms with Crippen LogP contribution in [0.5, 0.6) is 11.5 Å². The average molecular weight is 269 g/mol. The van der Waals surface area contributed by atoms with E-state index in [0.717, 1.165) is 11.1 Å². The highest BCUT2D eigenvalue weighted by Gasteiger charge is 2.06. The molecule has 0 aliphatic heterocycles. The Morgan fingerprint density at radius 3 is 2.65 bits per heavy atom. The van der Waals surface area contributed by atoms with E-state index in [-0.39, 0.29) is 6.61 Å². The summed E-state index contributed by atoms with van der Waals surface area (Å²) in [5.41, 5.74) is 2.26. The van der Waals surface area contributed by atoms with Crippen LogP contribution in [-0.4, -0.2) is 12.2 Å². The largest absolute Gasteiger partial charge is 0.493 e. The quantitative estimate of drug-likeness (QED) is 0.906. The summed E-state index contributed by atoms with van der Waals surface area (Å²) in [6.07, 6.45) is 0. The highest BCUT2D eigenvalue weighted by atomic mass is 16.5. The third-order valence-corrected chi connectivity index (χ3v) is 2.86. The highest BCUT2D eigenvalue weighted by Crippen LogP contribution is 2.28. The minimum absolute atomic E-state index is 0.0513. The molecular weight excluding hydrogens is 254 g/mol. The zero-order chi connectivity index (χ0) is 14.4. The maximum Gasteiger partial charge on any atom is 0.162 e. The number of hydrogen-bond acceptors (Lipinski definition) is 4. The van der Waals surface area contributed by atoms with Crippen molar-refractivity contribution in [3.63, 3.8) is 0 Å². The van der Waals surface area contributed by atoms with Gasteiger partial charge in [0.25, 0.3) is 0 Å². The fourth-order valence-corrected chi connectivity index (χ4v) is 1.82. The summed E-state index contributed by atoms with van der Waals surface area (Å²) in [5.74, 6) is 1.18. The summed E-state index contributed by atoms with van der Waals surface area (Å²) in [7, 11) is 1.57. The smallest absolute Gasteiger partial charge is 0.162 e. The van der Waals surface area contributed by atoms with Gasteiger partial charge in [0, 0.05) is 0 Å². The monoisotopic (exact) mass is 269 g/mol. The van der Waals surface area contributed by atoms with Gasteiger partial charge in [-0.3, -0.25) is 0 Å². The van der Waals surface area contributed by atoms with Crippen molar-refractivity contribution < 1.29 is 14.6 Å². The van der Waals surface area contributed by atoms with Crippen LogP contribution in [-0.2, 0) is 13.2 Å². The van der Waals surface area contributed by atoms with Crippen molar-refractivity contribution >= 4 is 0 Å². The van der Waals surface area contributed by atoms with Crippen LogP contribution in [0.3, 0.4) is 0 Å². The van der Waals surface area contributed by atoms with Crippen molar-refractivity contribution in [3.05, 3.63) is 59.2 Å². The van der Waals surface area contributed by atoms with Gasteiger partial charge in [0.1, 0.15) is 6.61 Å². The number of aliphatic hydroxyl groups excluding tert-OH is 1. The van der Waals surface area contributed by atoms with Gasteiger partial charge in [0.05, 0.1) is 25.3 Å². The lowest BCUT2D eigenvalue weighted by Crippen LogP contribution is -1.99. The first-order chi connectivity index (χ1) is 9.76. The van der Waals surface area contributed by atoms with Crippen molar-refractivity contribution in [2.24, 2.45) is 0 Å². The molecule has 0 aromatic heterocycles. The zero-order valence-corrected chi connectivity index (χ0v) is 11.2. The molecule has 0 radical (unpaired) electrons. The number of benzene rings is 2. The maximum absolute atomic E-state index is 9.15. The summed E-state index contributed by atoms with van der Waals surface area (Å²) < 4.78 is 10.9. The van der Waals surface area contributed by atoms with Crippen LogP contribution in [0.4, 0.5) is 0 Å². The molecule has 20 heavy (non-hydrogen) atoms. The molecule has 0 aliphatic rings. The molecule has 2 aromatic rings. The van der Waals surface area contributed by atoms with Crippen molar-refractivity contribution in [3.8, 4) is 17.6 Å². The van der Waals surface area contributed by atoms with E-state index in [1.54, 1.807) is 37.4 Å². The second-order valence-corrected chi connectivity index (χ2v) is 4.24. The third-order valence-electron chi connectivity index (χ3n) is 2.86. The Balaban J connectivity index is 2.15.